The molecule has 2 aliphatic rings. The number of Topliss-reactive ketones (excluding diaryl/α,β-unsaturated/α-hetero) is 1. The molecule has 0 saturated carbocycles. The zero-order valence-corrected chi connectivity index (χ0v) is 13.4. The van der Waals surface area contributed by atoms with E-state index < -0.39 is 11.6 Å². The van der Waals surface area contributed by atoms with Crippen LogP contribution in [0.3, 0.4) is 0 Å². The maximum Gasteiger partial charge on any atom is 0.301 e. The van der Waals surface area contributed by atoms with Crippen LogP contribution in [-0.2, 0) is 9.53 Å². The maximum absolute atomic E-state index is 12.5. The molecule has 0 N–H and O–H groups in total. The standard InChI is InChI=1S/C16H13BrN2O3/c1-22-16(10-13(20)11-5-7-12(17)8-6-11)15(21)18-14-4-2-3-9-19(14)16/h2-9H,10H2,1H3. The lowest BCUT2D eigenvalue weighted by atomic mass is 9.99. The molecule has 1 aromatic rings. The van der Waals surface area contributed by atoms with Gasteiger partial charge in [0.05, 0.1) is 6.42 Å². The molecule has 0 fully saturated rings. The fourth-order valence-electron chi connectivity index (χ4n) is 2.50. The summed E-state index contributed by atoms with van der Waals surface area (Å²) >= 11 is 3.33. The van der Waals surface area contributed by atoms with E-state index in [1.54, 1.807) is 53.6 Å². The maximum atomic E-state index is 12.5. The zero-order chi connectivity index (χ0) is 15.7. The van der Waals surface area contributed by atoms with Gasteiger partial charge in [0, 0.05) is 23.3 Å². The minimum absolute atomic E-state index is 0.102. The first-order valence-corrected chi connectivity index (χ1v) is 7.47. The van der Waals surface area contributed by atoms with Gasteiger partial charge in [-0.3, -0.25) is 14.5 Å². The number of aliphatic imine (C=N–C) groups is 1. The molecule has 1 amide bonds. The molecule has 5 nitrogen and oxygen atoms in total. The average molecular weight is 361 g/mol. The summed E-state index contributed by atoms with van der Waals surface area (Å²) in [5.41, 5.74) is -0.877. The topological polar surface area (TPSA) is 59.0 Å². The fourth-order valence-corrected chi connectivity index (χ4v) is 2.76. The Labute approximate surface area is 136 Å². The van der Waals surface area contributed by atoms with E-state index in [1.807, 2.05) is 0 Å². The van der Waals surface area contributed by atoms with Crippen LogP contribution in [0.15, 0.2) is 58.2 Å². The molecule has 0 saturated heterocycles. The van der Waals surface area contributed by atoms with Crippen molar-refractivity contribution in [1.82, 2.24) is 4.90 Å². The quantitative estimate of drug-likeness (QED) is 0.774. The van der Waals surface area contributed by atoms with Crippen LogP contribution < -0.4 is 0 Å². The number of amides is 1. The van der Waals surface area contributed by atoms with Gasteiger partial charge in [0.25, 0.3) is 0 Å². The van der Waals surface area contributed by atoms with Gasteiger partial charge in [-0.05, 0) is 24.3 Å². The first-order valence-electron chi connectivity index (χ1n) is 6.68. The van der Waals surface area contributed by atoms with Crippen molar-refractivity contribution in [3.63, 3.8) is 0 Å². The molecule has 1 aromatic carbocycles. The Morgan fingerprint density at radius 1 is 1.32 bits per heavy atom. The number of halogens is 1. The molecule has 0 spiro atoms. The fraction of sp³-hybridized carbons (Fsp3) is 0.188. The van der Waals surface area contributed by atoms with Crippen LogP contribution in [0.1, 0.15) is 16.8 Å². The Morgan fingerprint density at radius 3 is 2.73 bits per heavy atom. The third-order valence-corrected chi connectivity index (χ3v) is 4.21. The zero-order valence-electron chi connectivity index (χ0n) is 11.8. The van der Waals surface area contributed by atoms with Gasteiger partial charge >= 0.3 is 5.91 Å². The van der Waals surface area contributed by atoms with Crippen LogP contribution in [0, 0.1) is 0 Å². The second-order valence-corrected chi connectivity index (χ2v) is 5.86. The molecule has 6 heteroatoms. The van der Waals surface area contributed by atoms with Gasteiger partial charge in [-0.1, -0.05) is 34.1 Å². The SMILES string of the molecule is COC1(CC(=O)c2ccc(Br)cc2)C(=O)N=C2C=CC=CN21. The third kappa shape index (κ3) is 2.34. The molecule has 22 heavy (non-hydrogen) atoms. The van der Waals surface area contributed by atoms with E-state index in [0.29, 0.717) is 11.4 Å². The van der Waals surface area contributed by atoms with E-state index in [9.17, 15) is 9.59 Å². The van der Waals surface area contributed by atoms with E-state index >= 15 is 0 Å². The number of ketones is 1. The number of rotatable bonds is 4. The Bertz CT molecular complexity index is 721. The summed E-state index contributed by atoms with van der Waals surface area (Å²) in [6.07, 6.45) is 6.86. The molecular formula is C16H13BrN2O3. The highest BCUT2D eigenvalue weighted by Crippen LogP contribution is 2.32. The van der Waals surface area contributed by atoms with Gasteiger partial charge in [0.2, 0.25) is 5.72 Å². The molecule has 1 atom stereocenters. The number of fused-ring (bicyclic) bond motifs is 1. The second-order valence-electron chi connectivity index (χ2n) is 4.94. The summed E-state index contributed by atoms with van der Waals surface area (Å²) in [7, 11) is 1.41. The van der Waals surface area contributed by atoms with Gasteiger partial charge < -0.3 is 4.74 Å². The summed E-state index contributed by atoms with van der Waals surface area (Å²) in [5, 5.41) is 0. The molecule has 0 aromatic heterocycles. The van der Waals surface area contributed by atoms with Crippen LogP contribution >= 0.6 is 15.9 Å². The number of ether oxygens (including phenoxy) is 1. The van der Waals surface area contributed by atoms with Crippen molar-refractivity contribution in [3.05, 3.63) is 58.7 Å². The summed E-state index contributed by atoms with van der Waals surface area (Å²) in [6.45, 7) is 0. The van der Waals surface area contributed by atoms with Gasteiger partial charge in [-0.2, -0.15) is 4.99 Å². The van der Waals surface area contributed by atoms with Gasteiger partial charge in [-0.25, -0.2) is 0 Å². The van der Waals surface area contributed by atoms with E-state index in [2.05, 4.69) is 20.9 Å². The molecule has 0 radical (unpaired) electrons. The Morgan fingerprint density at radius 2 is 2.05 bits per heavy atom. The van der Waals surface area contributed by atoms with Crippen molar-refractivity contribution in [2.45, 2.75) is 12.1 Å². The molecular weight excluding hydrogens is 348 g/mol. The number of amidine groups is 1. The summed E-state index contributed by atoms with van der Waals surface area (Å²) < 4.78 is 6.33. The minimum Gasteiger partial charge on any atom is -0.350 e. The molecule has 1 unspecified atom stereocenters. The lowest BCUT2D eigenvalue weighted by Crippen LogP contribution is -2.52. The highest BCUT2D eigenvalue weighted by molar-refractivity contribution is 9.10. The molecule has 112 valence electrons. The van der Waals surface area contributed by atoms with Crippen LogP contribution in [0.5, 0.6) is 0 Å². The Hall–Kier alpha value is -2.05. The van der Waals surface area contributed by atoms with E-state index in [0.717, 1.165) is 4.47 Å². The van der Waals surface area contributed by atoms with Gasteiger partial charge in [-0.15, -0.1) is 0 Å². The largest absolute Gasteiger partial charge is 0.350 e. The van der Waals surface area contributed by atoms with Crippen LogP contribution in [-0.4, -0.2) is 35.3 Å². The molecule has 0 aliphatic carbocycles. The predicted molar refractivity (Wildman–Crippen MR) is 85.4 cm³/mol. The highest BCUT2D eigenvalue weighted by atomic mass is 79.9. The van der Waals surface area contributed by atoms with Crippen LogP contribution in [0.2, 0.25) is 0 Å². The molecule has 2 heterocycles. The first-order chi connectivity index (χ1) is 10.6. The van der Waals surface area contributed by atoms with Crippen LogP contribution in [0.4, 0.5) is 0 Å². The van der Waals surface area contributed by atoms with Crippen LogP contribution in [0.25, 0.3) is 0 Å². The van der Waals surface area contributed by atoms with Crippen molar-refractivity contribution in [1.29, 1.82) is 0 Å². The lowest BCUT2D eigenvalue weighted by molar-refractivity contribution is -0.149. The second kappa shape index (κ2) is 5.62. The number of methoxy groups -OCH3 is 1. The number of hydrogen-bond acceptors (Lipinski definition) is 4. The number of nitrogens with zero attached hydrogens (tertiary/aromatic N) is 2. The number of carbonyl (C=O) groups excluding carboxylic acids is 2. The third-order valence-electron chi connectivity index (χ3n) is 3.68. The number of hydrogen-bond donors (Lipinski definition) is 0. The number of benzene rings is 1. The Kier molecular flexibility index (Phi) is 3.80. The summed E-state index contributed by atoms with van der Waals surface area (Å²) in [5.74, 6) is -0.160. The average Bonchev–Trinajstić information content (AvgIpc) is 2.80. The van der Waals surface area contributed by atoms with Crippen molar-refractivity contribution in [3.8, 4) is 0 Å². The monoisotopic (exact) mass is 360 g/mol. The number of allylic oxidation sites excluding steroid dienone is 2. The van der Waals surface area contributed by atoms with E-state index in [1.165, 1.54) is 7.11 Å². The number of carbonyl (C=O) groups is 2. The molecule has 2 aliphatic heterocycles. The summed E-state index contributed by atoms with van der Waals surface area (Å²) in [6, 6.07) is 7.00. The van der Waals surface area contributed by atoms with E-state index in [4.69, 9.17) is 4.74 Å². The lowest BCUT2D eigenvalue weighted by Gasteiger charge is -2.34. The Balaban J connectivity index is 1.90. The van der Waals surface area contributed by atoms with Gasteiger partial charge in [0.1, 0.15) is 5.84 Å². The predicted octanol–water partition coefficient (Wildman–Crippen LogP) is 2.69. The smallest absolute Gasteiger partial charge is 0.301 e. The summed E-state index contributed by atoms with van der Waals surface area (Å²) in [4.78, 5) is 30.4. The highest BCUT2D eigenvalue weighted by Gasteiger charge is 2.51. The first kappa shape index (κ1) is 14.9. The molecule has 3 rings (SSSR count). The van der Waals surface area contributed by atoms with Gasteiger partial charge in [0.15, 0.2) is 5.78 Å². The van der Waals surface area contributed by atoms with Crippen molar-refractivity contribution in [2.24, 2.45) is 4.99 Å². The van der Waals surface area contributed by atoms with Crippen molar-refractivity contribution >= 4 is 33.5 Å². The molecule has 0 bridgehead atoms. The van der Waals surface area contributed by atoms with Crippen molar-refractivity contribution < 1.29 is 14.3 Å². The normalized spacial score (nSPS) is 22.7. The minimum atomic E-state index is -1.40. The van der Waals surface area contributed by atoms with Crippen molar-refractivity contribution in [2.75, 3.05) is 7.11 Å². The van der Waals surface area contributed by atoms with E-state index in [-0.39, 0.29) is 12.2 Å².